The van der Waals surface area contributed by atoms with E-state index in [9.17, 15) is 14.9 Å². The first-order valence-corrected chi connectivity index (χ1v) is 6.14. The normalized spacial score (nSPS) is 10.1. The van der Waals surface area contributed by atoms with Gasteiger partial charge in [-0.2, -0.15) is 5.21 Å². The maximum absolute atomic E-state index is 12.0. The van der Waals surface area contributed by atoms with Crippen molar-refractivity contribution >= 4 is 17.3 Å². The summed E-state index contributed by atoms with van der Waals surface area (Å²) in [6.45, 7) is 2.43. The minimum atomic E-state index is -0.501. The number of carbonyl (C=O) groups excluding carboxylic acids is 1. The number of tetrazole rings is 1. The molecule has 0 radical (unpaired) electrons. The Bertz CT molecular complexity index is 641. The Hall–Kier alpha value is -3.04. The summed E-state index contributed by atoms with van der Waals surface area (Å²) >= 11 is 0. The second-order valence-electron chi connectivity index (χ2n) is 4.03. The second kappa shape index (κ2) is 6.41. The van der Waals surface area contributed by atoms with Gasteiger partial charge in [-0.25, -0.2) is 0 Å². The Morgan fingerprint density at radius 3 is 2.90 bits per heavy atom. The van der Waals surface area contributed by atoms with E-state index in [2.05, 4.69) is 31.3 Å². The van der Waals surface area contributed by atoms with Gasteiger partial charge >= 0.3 is 0 Å². The molecule has 2 aromatic rings. The number of carbonyl (C=O) groups is 1. The van der Waals surface area contributed by atoms with Crippen LogP contribution in [0.3, 0.4) is 0 Å². The predicted molar refractivity (Wildman–Crippen MR) is 72.6 cm³/mol. The summed E-state index contributed by atoms with van der Waals surface area (Å²) < 4.78 is 0. The van der Waals surface area contributed by atoms with Crippen LogP contribution in [0.5, 0.6) is 0 Å². The van der Waals surface area contributed by atoms with Gasteiger partial charge in [0.2, 0.25) is 0 Å². The molecule has 0 fully saturated rings. The molecule has 1 aromatic heterocycles. The van der Waals surface area contributed by atoms with E-state index >= 15 is 0 Å². The molecule has 0 saturated carbocycles. The molecule has 21 heavy (non-hydrogen) atoms. The molecular weight excluding hydrogens is 278 g/mol. The molecule has 0 saturated heterocycles. The third-order valence-electron chi connectivity index (χ3n) is 2.62. The average molecular weight is 291 g/mol. The number of hydrogen-bond donors (Lipinski definition) is 3. The van der Waals surface area contributed by atoms with Gasteiger partial charge in [-0.05, 0) is 19.1 Å². The summed E-state index contributed by atoms with van der Waals surface area (Å²) in [5.74, 6) is -0.0361. The van der Waals surface area contributed by atoms with Crippen molar-refractivity contribution in [1.29, 1.82) is 0 Å². The van der Waals surface area contributed by atoms with E-state index in [1.54, 1.807) is 0 Å². The van der Waals surface area contributed by atoms with Crippen LogP contribution in [0.4, 0.5) is 11.4 Å². The molecule has 0 aliphatic rings. The van der Waals surface area contributed by atoms with Crippen molar-refractivity contribution in [3.63, 3.8) is 0 Å². The minimum Gasteiger partial charge on any atom is -0.380 e. The number of aromatic amines is 1. The van der Waals surface area contributed by atoms with Crippen molar-refractivity contribution in [3.8, 4) is 0 Å². The van der Waals surface area contributed by atoms with Gasteiger partial charge in [-0.3, -0.25) is 14.9 Å². The van der Waals surface area contributed by atoms with Crippen LogP contribution in [0.25, 0.3) is 0 Å². The Morgan fingerprint density at radius 2 is 2.29 bits per heavy atom. The number of nitrogens with zero attached hydrogens (tertiary/aromatic N) is 4. The van der Waals surface area contributed by atoms with Crippen LogP contribution in [0.2, 0.25) is 0 Å². The SMILES string of the molecule is CCNc1cc(C(=O)NCc2nn[nH]n2)ccc1[N+](=O)[O-]. The lowest BCUT2D eigenvalue weighted by atomic mass is 10.1. The van der Waals surface area contributed by atoms with E-state index in [0.717, 1.165) is 0 Å². The van der Waals surface area contributed by atoms with Crippen molar-refractivity contribution in [1.82, 2.24) is 25.9 Å². The number of nitrogens with one attached hydrogen (secondary N) is 3. The molecule has 0 aliphatic heterocycles. The topological polar surface area (TPSA) is 139 Å². The quantitative estimate of drug-likeness (QED) is 0.519. The predicted octanol–water partition coefficient (Wildman–Crippen LogP) is 0.470. The zero-order valence-corrected chi connectivity index (χ0v) is 11.2. The smallest absolute Gasteiger partial charge is 0.292 e. The highest BCUT2D eigenvalue weighted by Gasteiger charge is 2.16. The molecular formula is C11H13N7O3. The molecule has 10 heteroatoms. The van der Waals surface area contributed by atoms with Gasteiger partial charge in [0.25, 0.3) is 11.6 Å². The third-order valence-corrected chi connectivity index (χ3v) is 2.62. The number of H-pyrrole nitrogens is 1. The van der Waals surface area contributed by atoms with Crippen LogP contribution in [0, 0.1) is 10.1 Å². The van der Waals surface area contributed by atoms with E-state index in [1.807, 2.05) is 6.92 Å². The molecule has 0 atom stereocenters. The molecule has 2 rings (SSSR count). The highest BCUT2D eigenvalue weighted by Crippen LogP contribution is 2.25. The molecule has 3 N–H and O–H groups in total. The molecule has 1 heterocycles. The fourth-order valence-electron chi connectivity index (χ4n) is 1.69. The van der Waals surface area contributed by atoms with E-state index < -0.39 is 4.92 Å². The fourth-order valence-corrected chi connectivity index (χ4v) is 1.69. The van der Waals surface area contributed by atoms with Gasteiger partial charge in [0, 0.05) is 18.2 Å². The highest BCUT2D eigenvalue weighted by atomic mass is 16.6. The summed E-state index contributed by atoms with van der Waals surface area (Å²) in [4.78, 5) is 22.4. The third kappa shape index (κ3) is 3.49. The van der Waals surface area contributed by atoms with Gasteiger partial charge in [0.1, 0.15) is 5.69 Å². The van der Waals surface area contributed by atoms with Crippen LogP contribution in [0.15, 0.2) is 18.2 Å². The van der Waals surface area contributed by atoms with Gasteiger partial charge in [0.15, 0.2) is 5.82 Å². The Labute approximate surface area is 119 Å². The summed E-state index contributed by atoms with van der Waals surface area (Å²) in [7, 11) is 0. The van der Waals surface area contributed by atoms with Crippen molar-refractivity contribution in [2.45, 2.75) is 13.5 Å². The number of amides is 1. The van der Waals surface area contributed by atoms with Crippen LogP contribution in [0.1, 0.15) is 23.1 Å². The van der Waals surface area contributed by atoms with E-state index in [0.29, 0.717) is 23.6 Å². The van der Waals surface area contributed by atoms with Crippen molar-refractivity contribution in [3.05, 3.63) is 39.7 Å². The molecule has 10 nitrogen and oxygen atoms in total. The van der Waals surface area contributed by atoms with Gasteiger partial charge < -0.3 is 10.6 Å². The van der Waals surface area contributed by atoms with Crippen LogP contribution in [-0.4, -0.2) is 38.0 Å². The molecule has 110 valence electrons. The number of benzene rings is 1. The largest absolute Gasteiger partial charge is 0.380 e. The highest BCUT2D eigenvalue weighted by molar-refractivity contribution is 5.95. The molecule has 0 bridgehead atoms. The maximum atomic E-state index is 12.0. The monoisotopic (exact) mass is 291 g/mol. The fraction of sp³-hybridized carbons (Fsp3) is 0.273. The summed E-state index contributed by atoms with van der Waals surface area (Å²) in [5.41, 5.74) is 0.529. The Morgan fingerprint density at radius 1 is 1.48 bits per heavy atom. The molecule has 1 amide bonds. The van der Waals surface area contributed by atoms with E-state index in [1.165, 1.54) is 18.2 Å². The van der Waals surface area contributed by atoms with Crippen molar-refractivity contribution in [2.75, 3.05) is 11.9 Å². The number of nitro benzene ring substituents is 1. The lowest BCUT2D eigenvalue weighted by Crippen LogP contribution is -2.23. The zero-order valence-electron chi connectivity index (χ0n) is 11.2. The standard InChI is InChI=1S/C11H13N7O3/c1-2-12-8-5-7(3-4-9(8)18(20)21)11(19)13-6-10-14-16-17-15-10/h3-5,12H,2,6H2,1H3,(H,13,19)(H,14,15,16,17). The maximum Gasteiger partial charge on any atom is 0.292 e. The van der Waals surface area contributed by atoms with Crippen molar-refractivity contribution < 1.29 is 9.72 Å². The summed E-state index contributed by atoms with van der Waals surface area (Å²) in [6, 6.07) is 4.12. The molecule has 0 unspecified atom stereocenters. The van der Waals surface area contributed by atoms with Crippen LogP contribution in [-0.2, 0) is 6.54 Å². The minimum absolute atomic E-state index is 0.0773. The van der Waals surface area contributed by atoms with E-state index in [-0.39, 0.29) is 18.1 Å². The lowest BCUT2D eigenvalue weighted by Gasteiger charge is -2.07. The van der Waals surface area contributed by atoms with Crippen LogP contribution >= 0.6 is 0 Å². The molecule has 0 aliphatic carbocycles. The first-order valence-electron chi connectivity index (χ1n) is 6.14. The van der Waals surface area contributed by atoms with Crippen molar-refractivity contribution in [2.24, 2.45) is 0 Å². The summed E-state index contributed by atoms with van der Waals surface area (Å²) in [5, 5.41) is 29.4. The zero-order chi connectivity index (χ0) is 15.2. The summed E-state index contributed by atoms with van der Waals surface area (Å²) in [6.07, 6.45) is 0. The number of rotatable bonds is 6. The Balaban J connectivity index is 2.13. The number of aromatic nitrogens is 4. The Kier molecular flexibility index (Phi) is 4.39. The number of anilines is 1. The number of hydrogen-bond acceptors (Lipinski definition) is 7. The number of nitro groups is 1. The second-order valence-corrected chi connectivity index (χ2v) is 4.03. The van der Waals surface area contributed by atoms with Gasteiger partial charge in [-0.1, -0.05) is 5.21 Å². The van der Waals surface area contributed by atoms with Crippen LogP contribution < -0.4 is 10.6 Å². The van der Waals surface area contributed by atoms with E-state index in [4.69, 9.17) is 0 Å². The first kappa shape index (κ1) is 14.4. The van der Waals surface area contributed by atoms with Gasteiger partial charge in [0.05, 0.1) is 11.5 Å². The molecule has 0 spiro atoms. The lowest BCUT2D eigenvalue weighted by molar-refractivity contribution is -0.384. The molecule has 1 aromatic carbocycles. The van der Waals surface area contributed by atoms with Gasteiger partial charge in [-0.15, -0.1) is 10.2 Å². The first-order chi connectivity index (χ1) is 10.1. The average Bonchev–Trinajstić information content (AvgIpc) is 2.98.